The molecular weight excluding hydrogens is 308 g/mol. The highest BCUT2D eigenvalue weighted by molar-refractivity contribution is 6.14. The molecule has 1 aliphatic heterocycles. The summed E-state index contributed by atoms with van der Waals surface area (Å²) in [6.07, 6.45) is 1.73. The van der Waals surface area contributed by atoms with Crippen LogP contribution in [0.3, 0.4) is 0 Å². The molecule has 0 bridgehead atoms. The minimum atomic E-state index is -0.441. The summed E-state index contributed by atoms with van der Waals surface area (Å²) in [4.78, 5) is 23.8. The van der Waals surface area contributed by atoms with Crippen LogP contribution >= 0.6 is 0 Å². The molecule has 0 fully saturated rings. The summed E-state index contributed by atoms with van der Waals surface area (Å²) in [5.74, 6) is 0.841. The Labute approximate surface area is 139 Å². The minimum absolute atomic E-state index is 0.0679. The summed E-state index contributed by atoms with van der Waals surface area (Å²) in [5.41, 5.74) is 1.80. The van der Waals surface area contributed by atoms with Crippen molar-refractivity contribution in [1.29, 1.82) is 0 Å². The van der Waals surface area contributed by atoms with Crippen LogP contribution in [-0.4, -0.2) is 25.5 Å². The fourth-order valence-electron chi connectivity index (χ4n) is 2.50. The summed E-state index contributed by atoms with van der Waals surface area (Å²) in [6, 6.07) is 12.3. The second kappa shape index (κ2) is 6.58. The van der Waals surface area contributed by atoms with E-state index in [0.717, 1.165) is 5.56 Å². The number of methoxy groups -OCH3 is 1. The molecular formula is C19H16O5. The quantitative estimate of drug-likeness (QED) is 0.492. The first-order valence-electron chi connectivity index (χ1n) is 7.42. The third-order valence-electron chi connectivity index (χ3n) is 3.59. The van der Waals surface area contributed by atoms with E-state index in [9.17, 15) is 9.59 Å². The number of hydrogen-bond acceptors (Lipinski definition) is 5. The van der Waals surface area contributed by atoms with Gasteiger partial charge in [0.2, 0.25) is 0 Å². The van der Waals surface area contributed by atoms with E-state index in [1.54, 1.807) is 42.5 Å². The lowest BCUT2D eigenvalue weighted by atomic mass is 9.98. The number of ketones is 1. The van der Waals surface area contributed by atoms with E-state index in [1.807, 2.05) is 6.07 Å². The molecule has 3 rings (SSSR count). The number of ether oxygens (including phenoxy) is 3. The molecule has 2 aromatic carbocycles. The van der Waals surface area contributed by atoms with Crippen molar-refractivity contribution in [2.75, 3.05) is 13.7 Å². The van der Waals surface area contributed by atoms with Crippen LogP contribution in [0.5, 0.6) is 17.2 Å². The van der Waals surface area contributed by atoms with Crippen molar-refractivity contribution in [3.8, 4) is 17.2 Å². The van der Waals surface area contributed by atoms with Crippen molar-refractivity contribution in [2.45, 2.75) is 6.92 Å². The molecule has 2 aromatic rings. The number of Topliss-reactive ketones (excluding diaryl/α,β-unsaturated/α-hetero) is 1. The Kier molecular flexibility index (Phi) is 4.33. The molecule has 0 radical (unpaired) electrons. The first-order chi connectivity index (χ1) is 11.6. The fourth-order valence-corrected chi connectivity index (χ4v) is 2.50. The van der Waals surface area contributed by atoms with Crippen molar-refractivity contribution < 1.29 is 23.8 Å². The van der Waals surface area contributed by atoms with Gasteiger partial charge in [-0.2, -0.15) is 0 Å². The zero-order valence-corrected chi connectivity index (χ0v) is 13.4. The number of esters is 1. The third kappa shape index (κ3) is 3.15. The molecule has 0 saturated carbocycles. The summed E-state index contributed by atoms with van der Waals surface area (Å²) in [5, 5.41) is 0. The van der Waals surface area contributed by atoms with E-state index < -0.39 is 5.97 Å². The van der Waals surface area contributed by atoms with Gasteiger partial charge in [-0.3, -0.25) is 9.59 Å². The van der Waals surface area contributed by atoms with Gasteiger partial charge in [-0.1, -0.05) is 18.2 Å². The maximum Gasteiger partial charge on any atom is 0.308 e. The number of carbonyl (C=O) groups is 2. The third-order valence-corrected chi connectivity index (χ3v) is 3.59. The number of fused-ring (bicyclic) bond motifs is 1. The van der Waals surface area contributed by atoms with Crippen LogP contribution in [-0.2, 0) is 4.79 Å². The summed E-state index contributed by atoms with van der Waals surface area (Å²) < 4.78 is 15.9. The van der Waals surface area contributed by atoms with Crippen molar-refractivity contribution in [3.05, 3.63) is 59.2 Å². The molecule has 1 aliphatic rings. The van der Waals surface area contributed by atoms with Crippen LogP contribution in [0.15, 0.2) is 48.0 Å². The summed E-state index contributed by atoms with van der Waals surface area (Å²) >= 11 is 0. The second-order valence-corrected chi connectivity index (χ2v) is 5.29. The van der Waals surface area contributed by atoms with Crippen molar-refractivity contribution in [1.82, 2.24) is 0 Å². The normalized spacial score (nSPS) is 14.8. The highest BCUT2D eigenvalue weighted by Gasteiger charge is 2.22. The zero-order valence-electron chi connectivity index (χ0n) is 13.4. The first-order valence-corrected chi connectivity index (χ1v) is 7.42. The number of para-hydroxylation sites is 1. The Morgan fingerprint density at radius 3 is 2.71 bits per heavy atom. The van der Waals surface area contributed by atoms with Crippen molar-refractivity contribution >= 4 is 17.8 Å². The van der Waals surface area contributed by atoms with E-state index >= 15 is 0 Å². The number of rotatable bonds is 3. The van der Waals surface area contributed by atoms with Crippen LogP contribution in [0.2, 0.25) is 0 Å². The predicted octanol–water partition coefficient (Wildman–Crippen LogP) is 3.28. The largest absolute Gasteiger partial charge is 0.493 e. The highest BCUT2D eigenvalue weighted by atomic mass is 16.6. The number of carbonyl (C=O) groups excluding carboxylic acids is 2. The topological polar surface area (TPSA) is 61.8 Å². The van der Waals surface area contributed by atoms with Crippen LogP contribution in [0.25, 0.3) is 6.08 Å². The van der Waals surface area contributed by atoms with Gasteiger partial charge in [-0.25, -0.2) is 0 Å². The van der Waals surface area contributed by atoms with Crippen LogP contribution in [0, 0.1) is 0 Å². The zero-order chi connectivity index (χ0) is 17.1. The number of hydrogen-bond donors (Lipinski definition) is 0. The molecule has 0 aromatic heterocycles. The Hall–Kier alpha value is -3.08. The Morgan fingerprint density at radius 2 is 1.96 bits per heavy atom. The second-order valence-electron chi connectivity index (χ2n) is 5.29. The minimum Gasteiger partial charge on any atom is -0.493 e. The lowest BCUT2D eigenvalue weighted by Crippen LogP contribution is -2.18. The lowest BCUT2D eigenvalue weighted by Gasteiger charge is -2.18. The molecule has 5 heteroatoms. The molecule has 0 aliphatic carbocycles. The Balaban J connectivity index is 1.94. The van der Waals surface area contributed by atoms with Crippen LogP contribution in [0.4, 0.5) is 0 Å². The van der Waals surface area contributed by atoms with E-state index in [1.165, 1.54) is 14.0 Å². The Bertz CT molecular complexity index is 835. The molecule has 0 spiro atoms. The summed E-state index contributed by atoms with van der Waals surface area (Å²) in [7, 11) is 1.50. The monoisotopic (exact) mass is 324 g/mol. The lowest BCUT2D eigenvalue weighted by molar-refractivity contribution is -0.132. The molecule has 5 nitrogen and oxygen atoms in total. The van der Waals surface area contributed by atoms with Gasteiger partial charge in [0.25, 0.3) is 0 Å². The van der Waals surface area contributed by atoms with Gasteiger partial charge in [0.1, 0.15) is 12.4 Å². The molecule has 0 amide bonds. The van der Waals surface area contributed by atoms with Gasteiger partial charge < -0.3 is 14.2 Å². The highest BCUT2D eigenvalue weighted by Crippen LogP contribution is 2.31. The SMILES string of the molecule is COc1ccc(/C=C2/COc3ccccc3C2=O)cc1OC(C)=O. The van der Waals surface area contributed by atoms with Gasteiger partial charge >= 0.3 is 5.97 Å². The molecule has 24 heavy (non-hydrogen) atoms. The van der Waals surface area contributed by atoms with Gasteiger partial charge in [-0.05, 0) is 35.9 Å². The van der Waals surface area contributed by atoms with E-state index in [0.29, 0.717) is 28.4 Å². The van der Waals surface area contributed by atoms with Gasteiger partial charge in [0.15, 0.2) is 17.3 Å². The average Bonchev–Trinajstić information content (AvgIpc) is 2.57. The van der Waals surface area contributed by atoms with Gasteiger partial charge in [0.05, 0.1) is 12.7 Å². The smallest absolute Gasteiger partial charge is 0.308 e. The average molecular weight is 324 g/mol. The molecule has 1 heterocycles. The van der Waals surface area contributed by atoms with E-state index in [4.69, 9.17) is 14.2 Å². The molecule has 0 unspecified atom stereocenters. The maximum absolute atomic E-state index is 12.5. The maximum atomic E-state index is 12.5. The van der Waals surface area contributed by atoms with Crippen LogP contribution in [0.1, 0.15) is 22.8 Å². The van der Waals surface area contributed by atoms with E-state index in [-0.39, 0.29) is 12.4 Å². The fraction of sp³-hybridized carbons (Fsp3) is 0.158. The van der Waals surface area contributed by atoms with Crippen molar-refractivity contribution in [3.63, 3.8) is 0 Å². The standard InChI is InChI=1S/C19H16O5/c1-12(20)24-18-10-13(7-8-17(18)22-2)9-14-11-23-16-6-4-3-5-15(16)19(14)21/h3-10H,11H2,1-2H3/b14-9-. The molecule has 0 N–H and O–H groups in total. The van der Waals surface area contributed by atoms with Gasteiger partial charge in [-0.15, -0.1) is 0 Å². The first kappa shape index (κ1) is 15.8. The molecule has 122 valence electrons. The van der Waals surface area contributed by atoms with Crippen LogP contribution < -0.4 is 14.2 Å². The van der Waals surface area contributed by atoms with Gasteiger partial charge in [0, 0.05) is 12.5 Å². The number of benzene rings is 2. The Morgan fingerprint density at radius 1 is 1.17 bits per heavy atom. The molecule has 0 saturated heterocycles. The summed E-state index contributed by atoms with van der Waals surface area (Å²) in [6.45, 7) is 1.52. The molecule has 0 atom stereocenters. The van der Waals surface area contributed by atoms with E-state index in [2.05, 4.69) is 0 Å². The van der Waals surface area contributed by atoms with Crippen molar-refractivity contribution in [2.24, 2.45) is 0 Å². The predicted molar refractivity (Wildman–Crippen MR) is 88.5 cm³/mol.